The fraction of sp³-hybridized carbons (Fsp3) is 0.529. The van der Waals surface area contributed by atoms with Crippen LogP contribution in [-0.4, -0.2) is 35.6 Å². The number of fused-ring (bicyclic) bond motifs is 1. The van der Waals surface area contributed by atoms with Crippen molar-refractivity contribution in [2.24, 2.45) is 0 Å². The second-order valence-electron chi connectivity index (χ2n) is 6.18. The summed E-state index contributed by atoms with van der Waals surface area (Å²) in [6, 6.07) is 4.48. The third-order valence-corrected chi connectivity index (χ3v) is 4.58. The Bertz CT molecular complexity index is 635. The summed E-state index contributed by atoms with van der Waals surface area (Å²) in [6.45, 7) is 5.66. The predicted octanol–water partition coefficient (Wildman–Crippen LogP) is 3.73. The average molecular weight is 290 g/mol. The lowest BCUT2D eigenvalue weighted by Crippen LogP contribution is -2.36. The van der Waals surface area contributed by atoms with Gasteiger partial charge in [-0.3, -0.25) is 4.90 Å². The van der Waals surface area contributed by atoms with Crippen molar-refractivity contribution < 1.29 is 9.13 Å². The molecule has 0 aliphatic carbocycles. The number of halogens is 1. The van der Waals surface area contributed by atoms with Crippen molar-refractivity contribution in [3.8, 4) is 5.75 Å². The fourth-order valence-corrected chi connectivity index (χ4v) is 3.52. The zero-order valence-electron chi connectivity index (χ0n) is 12.9. The van der Waals surface area contributed by atoms with Crippen LogP contribution in [0.15, 0.2) is 18.3 Å². The van der Waals surface area contributed by atoms with Crippen LogP contribution in [0, 0.1) is 5.82 Å². The first kappa shape index (κ1) is 14.4. The van der Waals surface area contributed by atoms with Crippen LogP contribution in [0.3, 0.4) is 0 Å². The molecule has 1 aliphatic rings. The van der Waals surface area contributed by atoms with E-state index in [9.17, 15) is 4.39 Å². The van der Waals surface area contributed by atoms with Gasteiger partial charge in [0.25, 0.3) is 0 Å². The lowest BCUT2D eigenvalue weighted by molar-refractivity contribution is 0.203. The molecule has 1 N–H and O–H groups in total. The summed E-state index contributed by atoms with van der Waals surface area (Å²) in [5.41, 5.74) is 1.76. The van der Waals surface area contributed by atoms with Crippen LogP contribution in [0.4, 0.5) is 4.39 Å². The average Bonchev–Trinajstić information content (AvgIpc) is 3.07. The molecular weight excluding hydrogens is 267 g/mol. The standard InChI is InChI=1S/C17H23FN2O/c1-11(2)20-6-4-5-13(20)7-12-10-19-17-15(12)8-14(21-3)9-16(17)18/h8-11,13,19H,4-7H2,1-3H3. The summed E-state index contributed by atoms with van der Waals surface area (Å²) < 4.78 is 19.2. The molecule has 114 valence electrons. The minimum absolute atomic E-state index is 0.247. The Kier molecular flexibility index (Phi) is 3.89. The number of ether oxygens (including phenoxy) is 1. The molecule has 0 saturated carbocycles. The number of nitrogens with zero attached hydrogens (tertiary/aromatic N) is 1. The summed E-state index contributed by atoms with van der Waals surface area (Å²) in [5.74, 6) is 0.329. The zero-order chi connectivity index (χ0) is 15.0. The van der Waals surface area contributed by atoms with Gasteiger partial charge in [0.05, 0.1) is 12.6 Å². The van der Waals surface area contributed by atoms with Crippen LogP contribution in [0.5, 0.6) is 5.75 Å². The Labute approximate surface area is 125 Å². The highest BCUT2D eigenvalue weighted by Crippen LogP contribution is 2.30. The van der Waals surface area contributed by atoms with Crippen molar-refractivity contribution in [2.75, 3.05) is 13.7 Å². The highest BCUT2D eigenvalue weighted by atomic mass is 19.1. The molecule has 1 aliphatic heterocycles. The molecule has 0 spiro atoms. The van der Waals surface area contributed by atoms with E-state index < -0.39 is 0 Å². The Hall–Kier alpha value is -1.55. The molecule has 3 nitrogen and oxygen atoms in total. The number of H-pyrrole nitrogens is 1. The van der Waals surface area contributed by atoms with Gasteiger partial charge in [-0.05, 0) is 51.3 Å². The van der Waals surface area contributed by atoms with Crippen molar-refractivity contribution in [1.82, 2.24) is 9.88 Å². The largest absolute Gasteiger partial charge is 0.497 e. The molecule has 1 fully saturated rings. The van der Waals surface area contributed by atoms with Crippen molar-refractivity contribution in [3.63, 3.8) is 0 Å². The van der Waals surface area contributed by atoms with E-state index in [1.807, 2.05) is 12.3 Å². The van der Waals surface area contributed by atoms with E-state index in [0.29, 0.717) is 23.3 Å². The number of nitrogens with one attached hydrogen (secondary N) is 1. The number of likely N-dealkylation sites (tertiary alicyclic amines) is 1. The Morgan fingerprint density at radius 2 is 2.24 bits per heavy atom. The normalized spacial score (nSPS) is 19.8. The van der Waals surface area contributed by atoms with Gasteiger partial charge in [0, 0.05) is 29.7 Å². The van der Waals surface area contributed by atoms with E-state index in [-0.39, 0.29) is 5.82 Å². The summed E-state index contributed by atoms with van der Waals surface area (Å²) in [6.07, 6.45) is 5.38. The van der Waals surface area contributed by atoms with Crippen LogP contribution in [0.2, 0.25) is 0 Å². The van der Waals surface area contributed by atoms with Crippen molar-refractivity contribution >= 4 is 10.9 Å². The Morgan fingerprint density at radius 3 is 2.95 bits per heavy atom. The predicted molar refractivity (Wildman–Crippen MR) is 83.4 cm³/mol. The monoisotopic (exact) mass is 290 g/mol. The molecule has 3 rings (SSSR count). The quantitative estimate of drug-likeness (QED) is 0.929. The third-order valence-electron chi connectivity index (χ3n) is 4.58. The minimum Gasteiger partial charge on any atom is -0.497 e. The van der Waals surface area contributed by atoms with Crippen molar-refractivity contribution in [1.29, 1.82) is 0 Å². The Balaban J connectivity index is 1.92. The number of hydrogen-bond acceptors (Lipinski definition) is 2. The van der Waals surface area contributed by atoms with E-state index in [2.05, 4.69) is 23.7 Å². The number of benzene rings is 1. The second-order valence-corrected chi connectivity index (χ2v) is 6.18. The summed E-state index contributed by atoms with van der Waals surface area (Å²) >= 11 is 0. The maximum atomic E-state index is 14.0. The summed E-state index contributed by atoms with van der Waals surface area (Å²) in [7, 11) is 1.57. The molecule has 21 heavy (non-hydrogen) atoms. The molecule has 1 saturated heterocycles. The van der Waals surface area contributed by atoms with Gasteiger partial charge in [0.1, 0.15) is 5.75 Å². The van der Waals surface area contributed by atoms with E-state index >= 15 is 0 Å². The molecule has 1 unspecified atom stereocenters. The SMILES string of the molecule is COc1cc(F)c2[nH]cc(CC3CCCN3C(C)C)c2c1. The lowest BCUT2D eigenvalue weighted by Gasteiger charge is -2.28. The maximum Gasteiger partial charge on any atom is 0.150 e. The molecular formula is C17H23FN2O. The van der Waals surface area contributed by atoms with Gasteiger partial charge in [0.15, 0.2) is 5.82 Å². The molecule has 0 radical (unpaired) electrons. The van der Waals surface area contributed by atoms with E-state index in [4.69, 9.17) is 4.74 Å². The highest BCUT2D eigenvalue weighted by molar-refractivity contribution is 5.85. The first-order valence-electron chi connectivity index (χ1n) is 7.69. The second kappa shape index (κ2) is 5.68. The number of methoxy groups -OCH3 is 1. The minimum atomic E-state index is -0.247. The molecule has 1 aromatic heterocycles. The molecule has 1 atom stereocenters. The number of hydrogen-bond donors (Lipinski definition) is 1. The van der Waals surface area contributed by atoms with Gasteiger partial charge in [-0.15, -0.1) is 0 Å². The van der Waals surface area contributed by atoms with Crippen molar-refractivity contribution in [3.05, 3.63) is 29.7 Å². The van der Waals surface area contributed by atoms with Crippen LogP contribution in [0.25, 0.3) is 10.9 Å². The van der Waals surface area contributed by atoms with E-state index in [0.717, 1.165) is 11.8 Å². The van der Waals surface area contributed by atoms with Crippen LogP contribution < -0.4 is 4.74 Å². The van der Waals surface area contributed by atoms with Gasteiger partial charge in [0.2, 0.25) is 0 Å². The van der Waals surface area contributed by atoms with Gasteiger partial charge in [-0.1, -0.05) is 0 Å². The summed E-state index contributed by atoms with van der Waals surface area (Å²) in [4.78, 5) is 5.63. The highest BCUT2D eigenvalue weighted by Gasteiger charge is 2.27. The zero-order valence-corrected chi connectivity index (χ0v) is 12.9. The van der Waals surface area contributed by atoms with Gasteiger partial charge < -0.3 is 9.72 Å². The third kappa shape index (κ3) is 2.64. The fourth-order valence-electron chi connectivity index (χ4n) is 3.52. The van der Waals surface area contributed by atoms with Gasteiger partial charge >= 0.3 is 0 Å². The molecule has 2 aromatic rings. The molecule has 4 heteroatoms. The van der Waals surface area contributed by atoms with Gasteiger partial charge in [-0.25, -0.2) is 4.39 Å². The molecule has 1 aromatic carbocycles. The van der Waals surface area contributed by atoms with E-state index in [1.54, 1.807) is 7.11 Å². The molecule has 2 heterocycles. The molecule has 0 bridgehead atoms. The maximum absolute atomic E-state index is 14.0. The lowest BCUT2D eigenvalue weighted by atomic mass is 10.0. The van der Waals surface area contributed by atoms with Crippen molar-refractivity contribution in [2.45, 2.75) is 45.2 Å². The number of aromatic nitrogens is 1. The van der Waals surface area contributed by atoms with Gasteiger partial charge in [-0.2, -0.15) is 0 Å². The van der Waals surface area contributed by atoms with Crippen LogP contribution in [-0.2, 0) is 6.42 Å². The van der Waals surface area contributed by atoms with Crippen LogP contribution >= 0.6 is 0 Å². The first-order valence-corrected chi connectivity index (χ1v) is 7.69. The Morgan fingerprint density at radius 1 is 1.43 bits per heavy atom. The summed E-state index contributed by atoms with van der Waals surface area (Å²) in [5, 5.41) is 0.947. The number of aromatic amines is 1. The first-order chi connectivity index (χ1) is 10.1. The number of rotatable bonds is 4. The topological polar surface area (TPSA) is 28.3 Å². The smallest absolute Gasteiger partial charge is 0.150 e. The van der Waals surface area contributed by atoms with Crippen LogP contribution in [0.1, 0.15) is 32.3 Å². The van der Waals surface area contributed by atoms with E-state index in [1.165, 1.54) is 31.0 Å². The molecule has 0 amide bonds.